The van der Waals surface area contributed by atoms with Gasteiger partial charge in [0, 0.05) is 24.6 Å². The van der Waals surface area contributed by atoms with Crippen molar-refractivity contribution in [2.75, 3.05) is 7.05 Å². The molecule has 0 spiro atoms. The van der Waals surface area contributed by atoms with Crippen LogP contribution in [0.4, 0.5) is 5.69 Å². The summed E-state index contributed by atoms with van der Waals surface area (Å²) < 4.78 is 1.92. The number of aromatic nitrogens is 1. The van der Waals surface area contributed by atoms with E-state index in [4.69, 9.17) is 5.11 Å². The Morgan fingerprint density at radius 1 is 1.13 bits per heavy atom. The molecule has 0 atom stereocenters. The maximum Gasteiger partial charge on any atom is 0.335 e. The Morgan fingerprint density at radius 3 is 2.55 bits per heavy atom. The summed E-state index contributed by atoms with van der Waals surface area (Å²) in [7, 11) is 1.66. The molecule has 3 aromatic rings. The molecule has 1 aliphatic heterocycles. The van der Waals surface area contributed by atoms with Crippen LogP contribution in [0.3, 0.4) is 0 Å². The summed E-state index contributed by atoms with van der Waals surface area (Å²) in [6, 6.07) is 15.3. The summed E-state index contributed by atoms with van der Waals surface area (Å²) in [5.41, 5.74) is 3.20. The first kappa shape index (κ1) is 20.5. The molecule has 1 saturated heterocycles. The first-order valence-electron chi connectivity index (χ1n) is 9.40. The number of carboxylic acid groups (broad SMARTS) is 1. The number of aromatic hydroxyl groups is 1. The Labute approximate surface area is 183 Å². The molecule has 0 bridgehead atoms. The van der Waals surface area contributed by atoms with Crippen LogP contribution < -0.4 is 0 Å². The first-order valence-corrected chi connectivity index (χ1v) is 10.2. The minimum Gasteiger partial charge on any atom is -0.508 e. The van der Waals surface area contributed by atoms with E-state index in [2.05, 4.69) is 4.99 Å². The molecule has 0 radical (unpaired) electrons. The fraction of sp³-hybridized carbons (Fsp3) is 0.0870. The Kier molecular flexibility index (Phi) is 5.39. The van der Waals surface area contributed by atoms with Gasteiger partial charge in [0.2, 0.25) is 0 Å². The first-order chi connectivity index (χ1) is 14.8. The van der Waals surface area contributed by atoms with E-state index < -0.39 is 5.97 Å². The normalized spacial score (nSPS) is 16.5. The third kappa shape index (κ3) is 4.10. The number of carbonyl (C=O) groups excluding carboxylic acids is 1. The van der Waals surface area contributed by atoms with Crippen LogP contribution in [0.1, 0.15) is 21.6 Å². The number of thioether (sulfide) groups is 1. The monoisotopic (exact) mass is 433 g/mol. The standard InChI is InChI=1S/C23H19N3O4S/c1-14-12-15(22(29)30)5-10-19(14)24-23-25(2)21(28)20(31-23)13-17-4-3-11-26(17)16-6-8-18(27)9-7-16/h3-13,27H,1-2H3,(H,29,30)/b20-13-,24-23?. The molecule has 31 heavy (non-hydrogen) atoms. The Morgan fingerprint density at radius 2 is 1.87 bits per heavy atom. The molecular formula is C23H19N3O4S. The van der Waals surface area contributed by atoms with Gasteiger partial charge in [-0.2, -0.15) is 0 Å². The lowest BCUT2D eigenvalue weighted by atomic mass is 10.1. The number of benzene rings is 2. The molecule has 2 N–H and O–H groups in total. The third-order valence-electron chi connectivity index (χ3n) is 4.85. The van der Waals surface area contributed by atoms with Gasteiger partial charge in [-0.3, -0.25) is 9.69 Å². The number of aryl methyl sites for hydroxylation is 1. The number of nitrogens with zero attached hydrogens (tertiary/aromatic N) is 3. The van der Waals surface area contributed by atoms with Gasteiger partial charge in [-0.25, -0.2) is 9.79 Å². The van der Waals surface area contributed by atoms with Crippen molar-refractivity contribution in [1.29, 1.82) is 0 Å². The van der Waals surface area contributed by atoms with Gasteiger partial charge in [-0.15, -0.1) is 0 Å². The second kappa shape index (κ2) is 8.16. The van der Waals surface area contributed by atoms with E-state index in [9.17, 15) is 14.7 Å². The van der Waals surface area contributed by atoms with Crippen molar-refractivity contribution < 1.29 is 19.8 Å². The van der Waals surface area contributed by atoms with Crippen LogP contribution in [0.5, 0.6) is 5.75 Å². The van der Waals surface area contributed by atoms with Crippen LogP contribution in [-0.2, 0) is 4.79 Å². The number of aromatic carboxylic acids is 1. The molecule has 8 heteroatoms. The van der Waals surface area contributed by atoms with Crippen LogP contribution in [0.2, 0.25) is 0 Å². The summed E-state index contributed by atoms with van der Waals surface area (Å²) in [5.74, 6) is -0.972. The predicted octanol–water partition coefficient (Wildman–Crippen LogP) is 4.42. The van der Waals surface area contributed by atoms with Crippen LogP contribution in [0, 0.1) is 6.92 Å². The highest BCUT2D eigenvalue weighted by molar-refractivity contribution is 8.18. The number of hydrogen-bond donors (Lipinski definition) is 2. The Hall–Kier alpha value is -3.78. The highest BCUT2D eigenvalue weighted by Crippen LogP contribution is 2.34. The Balaban J connectivity index is 1.64. The highest BCUT2D eigenvalue weighted by Gasteiger charge is 2.30. The fourth-order valence-corrected chi connectivity index (χ4v) is 4.13. The van der Waals surface area contributed by atoms with Crippen molar-refractivity contribution in [3.8, 4) is 11.4 Å². The molecule has 1 fully saturated rings. The van der Waals surface area contributed by atoms with E-state index >= 15 is 0 Å². The van der Waals surface area contributed by atoms with Crippen molar-refractivity contribution in [3.05, 3.63) is 82.5 Å². The van der Waals surface area contributed by atoms with E-state index in [1.165, 1.54) is 22.7 Å². The average molecular weight is 433 g/mol. The molecular weight excluding hydrogens is 414 g/mol. The largest absolute Gasteiger partial charge is 0.508 e. The van der Waals surface area contributed by atoms with E-state index in [1.54, 1.807) is 56.4 Å². The van der Waals surface area contributed by atoms with Gasteiger partial charge in [-0.05, 0) is 84.9 Å². The molecule has 0 aliphatic carbocycles. The summed E-state index contributed by atoms with van der Waals surface area (Å²) in [6.07, 6.45) is 3.69. The number of carboxylic acids is 1. The zero-order chi connectivity index (χ0) is 22.1. The SMILES string of the molecule is Cc1cc(C(=O)O)ccc1N=C1S/C(=C\c2cccn2-c2ccc(O)cc2)C(=O)N1C. The smallest absolute Gasteiger partial charge is 0.335 e. The highest BCUT2D eigenvalue weighted by atomic mass is 32.2. The molecule has 1 aliphatic rings. The van der Waals surface area contributed by atoms with E-state index in [1.807, 2.05) is 22.9 Å². The van der Waals surface area contributed by atoms with Crippen LogP contribution in [0.25, 0.3) is 11.8 Å². The quantitative estimate of drug-likeness (QED) is 0.594. The molecule has 7 nitrogen and oxygen atoms in total. The number of aliphatic imine (C=N–C) groups is 1. The minimum atomic E-state index is -0.994. The number of amidine groups is 1. The van der Waals surface area contributed by atoms with Gasteiger partial charge in [0.15, 0.2) is 5.17 Å². The second-order valence-electron chi connectivity index (χ2n) is 7.00. The van der Waals surface area contributed by atoms with Gasteiger partial charge in [-0.1, -0.05) is 0 Å². The van der Waals surface area contributed by atoms with E-state index in [0.29, 0.717) is 21.3 Å². The molecule has 4 rings (SSSR count). The van der Waals surface area contributed by atoms with Gasteiger partial charge in [0.05, 0.1) is 16.2 Å². The lowest BCUT2D eigenvalue weighted by molar-refractivity contribution is -0.121. The van der Waals surface area contributed by atoms with E-state index in [0.717, 1.165) is 11.4 Å². The summed E-state index contributed by atoms with van der Waals surface area (Å²) >= 11 is 1.26. The van der Waals surface area contributed by atoms with Crippen molar-refractivity contribution in [2.24, 2.45) is 4.99 Å². The molecule has 1 amide bonds. The van der Waals surface area contributed by atoms with Gasteiger partial charge in [0.25, 0.3) is 5.91 Å². The summed E-state index contributed by atoms with van der Waals surface area (Å²) in [6.45, 7) is 1.79. The third-order valence-corrected chi connectivity index (χ3v) is 5.91. The molecule has 156 valence electrons. The minimum absolute atomic E-state index is 0.165. The molecule has 2 aromatic carbocycles. The van der Waals surface area contributed by atoms with Gasteiger partial charge >= 0.3 is 5.97 Å². The predicted molar refractivity (Wildman–Crippen MR) is 121 cm³/mol. The van der Waals surface area contributed by atoms with Crippen LogP contribution >= 0.6 is 11.8 Å². The second-order valence-corrected chi connectivity index (χ2v) is 8.00. The lowest BCUT2D eigenvalue weighted by Gasteiger charge is -2.08. The van der Waals surface area contributed by atoms with Gasteiger partial charge < -0.3 is 14.8 Å². The molecule has 2 heterocycles. The number of amides is 1. The van der Waals surface area contributed by atoms with Crippen LogP contribution in [-0.4, -0.2) is 43.8 Å². The zero-order valence-electron chi connectivity index (χ0n) is 16.8. The molecule has 1 aromatic heterocycles. The molecule has 0 unspecified atom stereocenters. The summed E-state index contributed by atoms with van der Waals surface area (Å²) in [4.78, 5) is 30.5. The van der Waals surface area contributed by atoms with Gasteiger partial charge in [0.1, 0.15) is 5.75 Å². The maximum absolute atomic E-state index is 12.8. The lowest BCUT2D eigenvalue weighted by Crippen LogP contribution is -2.23. The molecule has 0 saturated carbocycles. The average Bonchev–Trinajstić information content (AvgIpc) is 3.30. The Bertz CT molecular complexity index is 1240. The van der Waals surface area contributed by atoms with E-state index in [-0.39, 0.29) is 17.2 Å². The number of rotatable bonds is 4. The van der Waals surface area contributed by atoms with Crippen molar-refractivity contribution in [3.63, 3.8) is 0 Å². The maximum atomic E-state index is 12.8. The van der Waals surface area contributed by atoms with Crippen molar-refractivity contribution in [2.45, 2.75) is 6.92 Å². The number of phenolic OH excluding ortho intramolecular Hbond substituents is 1. The van der Waals surface area contributed by atoms with Crippen LogP contribution in [0.15, 0.2) is 70.7 Å². The van der Waals surface area contributed by atoms with Crippen molar-refractivity contribution in [1.82, 2.24) is 9.47 Å². The number of likely N-dealkylation sites (N-methyl/N-ethyl adjacent to an activating group) is 1. The fourth-order valence-electron chi connectivity index (χ4n) is 3.16. The number of carbonyl (C=O) groups is 2. The topological polar surface area (TPSA) is 95.1 Å². The number of phenols is 1. The number of hydrogen-bond acceptors (Lipinski definition) is 5. The van der Waals surface area contributed by atoms with Crippen molar-refractivity contribution >= 4 is 40.6 Å². The summed E-state index contributed by atoms with van der Waals surface area (Å²) in [5, 5.41) is 19.2. The zero-order valence-corrected chi connectivity index (χ0v) is 17.6.